The lowest BCUT2D eigenvalue weighted by atomic mass is 10.0. The Balaban J connectivity index is 1.80. The number of benzene rings is 4. The summed E-state index contributed by atoms with van der Waals surface area (Å²) in [7, 11) is -4.18. The number of carbonyl (C=O) groups excluding carboxylic acids is 2. The highest BCUT2D eigenvalue weighted by Crippen LogP contribution is 2.27. The van der Waals surface area contributed by atoms with E-state index in [1.54, 1.807) is 30.3 Å². The Hall–Kier alpha value is -4.14. The standard InChI is InChI=1S/C34H36ClN3O4S/c1-4-36-34(40)32(21-27-11-6-5-7-12-27)37(23-28-13-8-10-26(3)20-28)33(39)24-38(30-15-9-14-29(35)22-30)43(41,42)31-18-16-25(2)17-19-31/h5-20,22,32H,4,21,23-24H2,1-3H3,(H,36,40). The molecular weight excluding hydrogens is 582 g/mol. The van der Waals surface area contributed by atoms with Crippen LogP contribution in [0, 0.1) is 13.8 Å². The molecule has 0 bridgehead atoms. The zero-order valence-corrected chi connectivity index (χ0v) is 26.1. The predicted octanol–water partition coefficient (Wildman–Crippen LogP) is 5.93. The topological polar surface area (TPSA) is 86.8 Å². The van der Waals surface area contributed by atoms with Crippen molar-refractivity contribution < 1.29 is 18.0 Å². The Morgan fingerprint density at radius 1 is 0.814 bits per heavy atom. The smallest absolute Gasteiger partial charge is 0.264 e. The maximum atomic E-state index is 14.4. The first-order valence-electron chi connectivity index (χ1n) is 14.1. The van der Waals surface area contributed by atoms with E-state index >= 15 is 0 Å². The van der Waals surface area contributed by atoms with Crippen molar-refractivity contribution >= 4 is 39.1 Å². The number of aryl methyl sites for hydroxylation is 2. The van der Waals surface area contributed by atoms with Crippen molar-refractivity contribution in [3.05, 3.63) is 130 Å². The van der Waals surface area contributed by atoms with Crippen LogP contribution in [0.5, 0.6) is 0 Å². The third-order valence-corrected chi connectivity index (χ3v) is 9.06. The van der Waals surface area contributed by atoms with Crippen LogP contribution in [0.3, 0.4) is 0 Å². The van der Waals surface area contributed by atoms with Gasteiger partial charge >= 0.3 is 0 Å². The number of hydrogen-bond acceptors (Lipinski definition) is 4. The van der Waals surface area contributed by atoms with E-state index in [4.69, 9.17) is 11.6 Å². The minimum atomic E-state index is -4.18. The van der Waals surface area contributed by atoms with Crippen LogP contribution in [0.25, 0.3) is 0 Å². The lowest BCUT2D eigenvalue weighted by Gasteiger charge is -2.34. The van der Waals surface area contributed by atoms with Crippen LogP contribution in [0.2, 0.25) is 5.02 Å². The first-order chi connectivity index (χ1) is 20.6. The van der Waals surface area contributed by atoms with Crippen molar-refractivity contribution in [1.29, 1.82) is 0 Å². The fourth-order valence-corrected chi connectivity index (χ4v) is 6.44. The summed E-state index contributed by atoms with van der Waals surface area (Å²) in [4.78, 5) is 29.5. The Morgan fingerprint density at radius 3 is 2.14 bits per heavy atom. The number of nitrogens with one attached hydrogen (secondary N) is 1. The lowest BCUT2D eigenvalue weighted by Crippen LogP contribution is -2.53. The lowest BCUT2D eigenvalue weighted by molar-refractivity contribution is -0.140. The molecule has 1 N–H and O–H groups in total. The number of likely N-dealkylation sites (N-methyl/N-ethyl adjacent to an activating group) is 1. The molecule has 9 heteroatoms. The molecule has 0 aliphatic heterocycles. The molecule has 7 nitrogen and oxygen atoms in total. The summed E-state index contributed by atoms with van der Waals surface area (Å²) in [5.41, 5.74) is 3.85. The summed E-state index contributed by atoms with van der Waals surface area (Å²) in [6, 6.07) is 29.1. The van der Waals surface area contributed by atoms with Crippen molar-refractivity contribution in [3.63, 3.8) is 0 Å². The first kappa shape index (κ1) is 31.8. The molecule has 4 aromatic carbocycles. The van der Waals surface area contributed by atoms with E-state index < -0.39 is 28.5 Å². The number of sulfonamides is 1. The van der Waals surface area contributed by atoms with Gasteiger partial charge < -0.3 is 10.2 Å². The molecule has 4 aromatic rings. The average Bonchev–Trinajstić information content (AvgIpc) is 2.98. The number of halogens is 1. The molecule has 224 valence electrons. The molecule has 0 saturated heterocycles. The maximum Gasteiger partial charge on any atom is 0.264 e. The van der Waals surface area contributed by atoms with Crippen molar-refractivity contribution in [2.24, 2.45) is 0 Å². The van der Waals surface area contributed by atoms with Crippen molar-refractivity contribution in [1.82, 2.24) is 10.2 Å². The molecule has 2 amide bonds. The third-order valence-electron chi connectivity index (χ3n) is 7.04. The minimum absolute atomic E-state index is 0.0423. The van der Waals surface area contributed by atoms with E-state index in [0.29, 0.717) is 11.6 Å². The summed E-state index contributed by atoms with van der Waals surface area (Å²) in [6.45, 7) is 5.60. The molecule has 4 rings (SSSR count). The van der Waals surface area contributed by atoms with Crippen LogP contribution in [0.4, 0.5) is 5.69 Å². The molecule has 0 spiro atoms. The van der Waals surface area contributed by atoms with Crippen LogP contribution >= 0.6 is 11.6 Å². The average molecular weight is 618 g/mol. The molecule has 0 aromatic heterocycles. The predicted molar refractivity (Wildman–Crippen MR) is 172 cm³/mol. The summed E-state index contributed by atoms with van der Waals surface area (Å²) >= 11 is 6.27. The number of amides is 2. The Labute approximate surface area is 259 Å². The van der Waals surface area contributed by atoms with E-state index in [0.717, 1.165) is 26.6 Å². The SMILES string of the molecule is CCNC(=O)C(Cc1ccccc1)N(Cc1cccc(C)c1)C(=O)CN(c1cccc(Cl)c1)S(=O)(=O)c1ccc(C)cc1. The third kappa shape index (κ3) is 8.24. The van der Waals surface area contributed by atoms with Crippen LogP contribution in [-0.4, -0.2) is 44.3 Å². The summed E-state index contributed by atoms with van der Waals surface area (Å²) in [5.74, 6) is -0.840. The number of hydrogen-bond donors (Lipinski definition) is 1. The summed E-state index contributed by atoms with van der Waals surface area (Å²) in [6.07, 6.45) is 0.256. The monoisotopic (exact) mass is 617 g/mol. The molecule has 43 heavy (non-hydrogen) atoms. The Bertz CT molecular complexity index is 1660. The van der Waals surface area contributed by atoms with Crippen LogP contribution in [0.1, 0.15) is 29.2 Å². The van der Waals surface area contributed by atoms with Gasteiger partial charge in [-0.25, -0.2) is 8.42 Å². The molecule has 0 aliphatic carbocycles. The summed E-state index contributed by atoms with van der Waals surface area (Å²) < 4.78 is 29.2. The van der Waals surface area contributed by atoms with Gasteiger partial charge in [0.2, 0.25) is 11.8 Å². The quantitative estimate of drug-likeness (QED) is 0.214. The van der Waals surface area contributed by atoms with E-state index in [2.05, 4.69) is 5.32 Å². The molecule has 0 fully saturated rings. The van der Waals surface area contributed by atoms with Gasteiger partial charge in [-0.15, -0.1) is 0 Å². The normalized spacial score (nSPS) is 11.9. The second-order valence-electron chi connectivity index (χ2n) is 10.4. The molecule has 0 aliphatic rings. The number of nitrogens with zero attached hydrogens (tertiary/aromatic N) is 2. The molecule has 1 unspecified atom stereocenters. The zero-order valence-electron chi connectivity index (χ0n) is 24.5. The molecule has 1 atom stereocenters. The van der Waals surface area contributed by atoms with Gasteiger partial charge in [0.05, 0.1) is 10.6 Å². The summed E-state index contributed by atoms with van der Waals surface area (Å²) in [5, 5.41) is 3.20. The van der Waals surface area contributed by atoms with Gasteiger partial charge in [-0.3, -0.25) is 13.9 Å². The zero-order chi connectivity index (χ0) is 31.0. The van der Waals surface area contributed by atoms with Crippen molar-refractivity contribution in [2.45, 2.75) is 44.7 Å². The van der Waals surface area contributed by atoms with Crippen LogP contribution in [0.15, 0.2) is 108 Å². The van der Waals surface area contributed by atoms with Gasteiger partial charge in [-0.05, 0) is 62.2 Å². The maximum absolute atomic E-state index is 14.4. The second kappa shape index (κ2) is 14.4. The fourth-order valence-electron chi connectivity index (χ4n) is 4.85. The first-order valence-corrected chi connectivity index (χ1v) is 15.9. The van der Waals surface area contributed by atoms with E-state index in [1.165, 1.54) is 23.1 Å². The number of rotatable bonds is 12. The molecule has 0 heterocycles. The van der Waals surface area contributed by atoms with Gasteiger partial charge in [0.1, 0.15) is 12.6 Å². The van der Waals surface area contributed by atoms with Crippen molar-refractivity contribution in [3.8, 4) is 0 Å². The van der Waals surface area contributed by atoms with E-state index in [-0.39, 0.29) is 29.5 Å². The second-order valence-corrected chi connectivity index (χ2v) is 12.7. The van der Waals surface area contributed by atoms with Gasteiger partial charge in [0.15, 0.2) is 0 Å². The van der Waals surface area contributed by atoms with Gasteiger partial charge in [-0.2, -0.15) is 0 Å². The molecular formula is C34H36ClN3O4S. The Kier molecular flexibility index (Phi) is 10.6. The van der Waals surface area contributed by atoms with E-state index in [1.807, 2.05) is 75.4 Å². The highest BCUT2D eigenvalue weighted by Gasteiger charge is 2.34. The molecule has 0 radical (unpaired) electrons. The molecule has 0 saturated carbocycles. The fraction of sp³-hybridized carbons (Fsp3) is 0.235. The highest BCUT2D eigenvalue weighted by molar-refractivity contribution is 7.92. The number of carbonyl (C=O) groups is 2. The number of anilines is 1. The largest absolute Gasteiger partial charge is 0.355 e. The van der Waals surface area contributed by atoms with E-state index in [9.17, 15) is 18.0 Å². The van der Waals surface area contributed by atoms with Crippen LogP contribution in [-0.2, 0) is 32.6 Å². The van der Waals surface area contributed by atoms with Gasteiger partial charge in [0.25, 0.3) is 10.0 Å². The highest BCUT2D eigenvalue weighted by atomic mass is 35.5. The van der Waals surface area contributed by atoms with Gasteiger partial charge in [0, 0.05) is 24.5 Å². The van der Waals surface area contributed by atoms with Crippen LogP contribution < -0.4 is 9.62 Å². The minimum Gasteiger partial charge on any atom is -0.355 e. The van der Waals surface area contributed by atoms with Gasteiger partial charge in [-0.1, -0.05) is 95.5 Å². The Morgan fingerprint density at radius 2 is 1.49 bits per heavy atom. The van der Waals surface area contributed by atoms with Crippen molar-refractivity contribution in [2.75, 3.05) is 17.4 Å².